The molecule has 1 aromatic carbocycles. The molecule has 182 valence electrons. The molecule has 0 radical (unpaired) electrons. The van der Waals surface area contributed by atoms with E-state index in [0.717, 1.165) is 22.5 Å². The number of pyridine rings is 1. The van der Waals surface area contributed by atoms with Crippen LogP contribution in [0.2, 0.25) is 0 Å². The lowest BCUT2D eigenvalue weighted by atomic mass is 10.1. The smallest absolute Gasteiger partial charge is 0.435 e. The highest BCUT2D eigenvalue weighted by Crippen LogP contribution is 2.32. The van der Waals surface area contributed by atoms with Gasteiger partial charge in [0.25, 0.3) is 0 Å². The van der Waals surface area contributed by atoms with Crippen molar-refractivity contribution >= 4 is 17.6 Å². The number of carbonyl (C=O) groups is 1. The van der Waals surface area contributed by atoms with Crippen LogP contribution >= 0.6 is 0 Å². The zero-order valence-electron chi connectivity index (χ0n) is 18.7. The molecule has 0 saturated carbocycles. The molecule has 0 spiro atoms. The minimum absolute atomic E-state index is 0.00669. The van der Waals surface area contributed by atoms with E-state index in [2.05, 4.69) is 25.4 Å². The highest BCUT2D eigenvalue weighted by atomic mass is 19.4. The number of benzene rings is 1. The number of hydrogen-bond donors (Lipinski definition) is 2. The van der Waals surface area contributed by atoms with Gasteiger partial charge in [0.1, 0.15) is 5.56 Å². The quantitative estimate of drug-likeness (QED) is 0.399. The van der Waals surface area contributed by atoms with Gasteiger partial charge in [-0.05, 0) is 42.8 Å². The number of anilines is 2. The number of alkyl halides is 3. The fourth-order valence-corrected chi connectivity index (χ4v) is 3.37. The van der Waals surface area contributed by atoms with Gasteiger partial charge in [-0.3, -0.25) is 0 Å². The maximum Gasteiger partial charge on any atom is 0.435 e. The minimum atomic E-state index is -4.69. The van der Waals surface area contributed by atoms with Gasteiger partial charge >= 0.3 is 12.1 Å². The zero-order chi connectivity index (χ0) is 26.0. The van der Waals surface area contributed by atoms with E-state index >= 15 is 0 Å². The number of ether oxygens (including phenoxy) is 1. The summed E-state index contributed by atoms with van der Waals surface area (Å²) >= 11 is 0. The molecule has 36 heavy (non-hydrogen) atoms. The number of halogens is 3. The van der Waals surface area contributed by atoms with Gasteiger partial charge in [0.15, 0.2) is 11.5 Å². The Kier molecular flexibility index (Phi) is 6.26. The second kappa shape index (κ2) is 9.34. The monoisotopic (exact) mass is 495 g/mol. The fourth-order valence-electron chi connectivity index (χ4n) is 3.37. The number of carboxylic acid groups (broad SMARTS) is 1. The SMILES string of the molecule is COc1ncc(-c2cnc(Nc3cc(C)cc(C#N)c3)nc2-n2ccc(C(F)(F)F)n2)cc1C(=O)O. The van der Waals surface area contributed by atoms with Crippen LogP contribution in [0.5, 0.6) is 5.88 Å². The van der Waals surface area contributed by atoms with E-state index in [9.17, 15) is 28.3 Å². The Morgan fingerprint density at radius 1 is 1.19 bits per heavy atom. The number of methoxy groups -OCH3 is 1. The third-order valence-corrected chi connectivity index (χ3v) is 4.91. The number of nitriles is 1. The van der Waals surface area contributed by atoms with Crippen LogP contribution in [-0.4, -0.2) is 42.9 Å². The number of rotatable bonds is 6. The summed E-state index contributed by atoms with van der Waals surface area (Å²) in [5.41, 5.74) is 0.642. The molecular weight excluding hydrogens is 479 g/mol. The number of aromatic carboxylic acids is 1. The first-order valence-electron chi connectivity index (χ1n) is 10.2. The number of aryl methyl sites for hydroxylation is 1. The number of nitrogens with zero attached hydrogens (tertiary/aromatic N) is 6. The first-order chi connectivity index (χ1) is 17.1. The molecule has 0 saturated heterocycles. The number of carboxylic acids is 1. The Balaban J connectivity index is 1.86. The molecule has 0 bridgehead atoms. The molecule has 0 unspecified atom stereocenters. The first kappa shape index (κ1) is 24.1. The van der Waals surface area contributed by atoms with Crippen LogP contribution in [0, 0.1) is 18.3 Å². The molecule has 4 aromatic rings. The molecule has 0 fully saturated rings. The van der Waals surface area contributed by atoms with E-state index in [0.29, 0.717) is 11.3 Å². The minimum Gasteiger partial charge on any atom is -0.480 e. The molecule has 4 rings (SSSR count). The van der Waals surface area contributed by atoms with Gasteiger partial charge in [0.2, 0.25) is 11.8 Å². The predicted molar refractivity (Wildman–Crippen MR) is 120 cm³/mol. The largest absolute Gasteiger partial charge is 0.480 e. The van der Waals surface area contributed by atoms with E-state index in [1.165, 1.54) is 25.6 Å². The van der Waals surface area contributed by atoms with Gasteiger partial charge in [-0.1, -0.05) is 0 Å². The molecular formula is C23H16F3N7O3. The molecule has 0 atom stereocenters. The molecule has 10 nitrogen and oxygen atoms in total. The van der Waals surface area contributed by atoms with Crippen molar-refractivity contribution in [3.8, 4) is 28.9 Å². The molecule has 13 heteroatoms. The zero-order valence-corrected chi connectivity index (χ0v) is 18.7. The average Bonchev–Trinajstić information content (AvgIpc) is 3.34. The topological polar surface area (TPSA) is 139 Å². The Bertz CT molecular complexity index is 1510. The van der Waals surface area contributed by atoms with E-state index < -0.39 is 17.8 Å². The normalized spacial score (nSPS) is 11.1. The Hall–Kier alpha value is -4.99. The van der Waals surface area contributed by atoms with Crippen molar-refractivity contribution in [2.75, 3.05) is 12.4 Å². The second-order valence-corrected chi connectivity index (χ2v) is 7.48. The number of aromatic nitrogens is 5. The Labute approximate surface area is 201 Å². The number of hydrogen-bond acceptors (Lipinski definition) is 8. The van der Waals surface area contributed by atoms with Crippen molar-refractivity contribution in [1.29, 1.82) is 5.26 Å². The standard InChI is InChI=1S/C23H16F3N7O3/c1-12-5-13(9-27)7-15(6-12)30-22-29-11-17(14-8-16(21(34)35)20(36-2)28-10-14)19(31-22)33-4-3-18(32-33)23(24,25)26/h3-8,10-11H,1-2H3,(H,34,35)(H,29,30,31). The van der Waals surface area contributed by atoms with Crippen molar-refractivity contribution in [2.24, 2.45) is 0 Å². The van der Waals surface area contributed by atoms with E-state index in [4.69, 9.17) is 4.74 Å². The van der Waals surface area contributed by atoms with Gasteiger partial charge in [0, 0.05) is 35.4 Å². The van der Waals surface area contributed by atoms with Crippen LogP contribution in [0.25, 0.3) is 16.9 Å². The second-order valence-electron chi connectivity index (χ2n) is 7.48. The summed E-state index contributed by atoms with van der Waals surface area (Å²) in [5, 5.41) is 25.2. The summed E-state index contributed by atoms with van der Waals surface area (Å²) in [6.07, 6.45) is -1.02. The van der Waals surface area contributed by atoms with Crippen LogP contribution in [0.1, 0.15) is 27.2 Å². The van der Waals surface area contributed by atoms with E-state index in [1.54, 1.807) is 25.1 Å². The summed E-state index contributed by atoms with van der Waals surface area (Å²) < 4.78 is 45.5. The van der Waals surface area contributed by atoms with Crippen LogP contribution < -0.4 is 10.1 Å². The van der Waals surface area contributed by atoms with Crippen LogP contribution in [0.3, 0.4) is 0 Å². The third-order valence-electron chi connectivity index (χ3n) is 4.91. The van der Waals surface area contributed by atoms with E-state index in [1.807, 2.05) is 6.07 Å². The Morgan fingerprint density at radius 3 is 2.61 bits per heavy atom. The lowest BCUT2D eigenvalue weighted by Gasteiger charge is -2.13. The average molecular weight is 495 g/mol. The molecule has 2 N–H and O–H groups in total. The van der Waals surface area contributed by atoms with Crippen molar-refractivity contribution in [3.63, 3.8) is 0 Å². The first-order valence-corrected chi connectivity index (χ1v) is 10.2. The summed E-state index contributed by atoms with van der Waals surface area (Å²) in [7, 11) is 1.26. The lowest BCUT2D eigenvalue weighted by molar-refractivity contribution is -0.141. The summed E-state index contributed by atoms with van der Waals surface area (Å²) in [5.74, 6) is -1.52. The molecule has 0 aliphatic rings. The van der Waals surface area contributed by atoms with Crippen LogP contribution in [0.15, 0.2) is 48.9 Å². The summed E-state index contributed by atoms with van der Waals surface area (Å²) in [4.78, 5) is 24.2. The van der Waals surface area contributed by atoms with Gasteiger partial charge < -0.3 is 15.2 Å². The van der Waals surface area contributed by atoms with E-state index in [-0.39, 0.29) is 34.3 Å². The molecule has 0 aliphatic heterocycles. The molecule has 3 aromatic heterocycles. The Morgan fingerprint density at radius 2 is 1.97 bits per heavy atom. The lowest BCUT2D eigenvalue weighted by Crippen LogP contribution is -2.10. The maximum atomic E-state index is 13.2. The van der Waals surface area contributed by atoms with Gasteiger partial charge in [-0.15, -0.1) is 0 Å². The van der Waals surface area contributed by atoms with Gasteiger partial charge in [-0.2, -0.15) is 28.5 Å². The van der Waals surface area contributed by atoms with Gasteiger partial charge in [0.05, 0.1) is 18.7 Å². The highest BCUT2D eigenvalue weighted by Gasteiger charge is 2.34. The third kappa shape index (κ3) is 4.92. The number of nitrogens with one attached hydrogen (secondary N) is 1. The van der Waals surface area contributed by atoms with Crippen molar-refractivity contribution in [1.82, 2.24) is 24.7 Å². The summed E-state index contributed by atoms with van der Waals surface area (Å²) in [6, 6.07) is 9.05. The van der Waals surface area contributed by atoms with Crippen molar-refractivity contribution in [3.05, 3.63) is 71.3 Å². The molecule has 0 aliphatic carbocycles. The fraction of sp³-hybridized carbons (Fsp3) is 0.130. The van der Waals surface area contributed by atoms with Crippen LogP contribution in [-0.2, 0) is 6.18 Å². The molecule has 3 heterocycles. The van der Waals surface area contributed by atoms with Gasteiger partial charge in [-0.25, -0.2) is 19.4 Å². The van der Waals surface area contributed by atoms with Crippen molar-refractivity contribution in [2.45, 2.75) is 13.1 Å². The molecule has 0 amide bonds. The maximum absolute atomic E-state index is 13.2. The highest BCUT2D eigenvalue weighted by molar-refractivity contribution is 5.92. The summed E-state index contributed by atoms with van der Waals surface area (Å²) in [6.45, 7) is 1.79. The van der Waals surface area contributed by atoms with Crippen molar-refractivity contribution < 1.29 is 27.8 Å². The van der Waals surface area contributed by atoms with Crippen LogP contribution in [0.4, 0.5) is 24.8 Å². The predicted octanol–water partition coefficient (Wildman–Crippen LogP) is 4.37.